The maximum Gasteiger partial charge on any atom is 0.170 e. The van der Waals surface area contributed by atoms with E-state index in [-0.39, 0.29) is 23.4 Å². The van der Waals surface area contributed by atoms with Crippen LogP contribution in [-0.2, 0) is 9.84 Å². The predicted octanol–water partition coefficient (Wildman–Crippen LogP) is 0.108. The van der Waals surface area contributed by atoms with E-state index in [1.54, 1.807) is 19.1 Å². The van der Waals surface area contributed by atoms with Gasteiger partial charge in [0.1, 0.15) is 5.82 Å². The lowest BCUT2D eigenvalue weighted by Crippen LogP contribution is -2.33. The molecule has 1 aliphatic heterocycles. The maximum absolute atomic E-state index is 11.5. The van der Waals surface area contributed by atoms with Crippen molar-refractivity contribution in [3.05, 3.63) is 23.4 Å². The standard InChI is InChI=1S/C12H18N4O3S/c1-8-5-9(12(13)15-17)6-11(14-8)16(2)10-3-4-20(18,19)7-10/h5-6,10,17H,3-4,7H2,1-2H3,(H2,13,15). The summed E-state index contributed by atoms with van der Waals surface area (Å²) >= 11 is 0. The third kappa shape index (κ3) is 3.01. The summed E-state index contributed by atoms with van der Waals surface area (Å²) in [6.07, 6.45) is 0.591. The zero-order valence-corrected chi connectivity index (χ0v) is 12.3. The highest BCUT2D eigenvalue weighted by Crippen LogP contribution is 2.22. The van der Waals surface area contributed by atoms with Crippen LogP contribution >= 0.6 is 0 Å². The second-order valence-corrected chi connectivity index (χ2v) is 7.24. The highest BCUT2D eigenvalue weighted by molar-refractivity contribution is 7.91. The number of hydrogen-bond donors (Lipinski definition) is 2. The molecule has 1 aromatic heterocycles. The van der Waals surface area contributed by atoms with E-state index >= 15 is 0 Å². The Kier molecular flexibility index (Phi) is 3.85. The van der Waals surface area contributed by atoms with Gasteiger partial charge in [-0.15, -0.1) is 0 Å². The Morgan fingerprint density at radius 3 is 2.80 bits per heavy atom. The SMILES string of the molecule is Cc1cc(/C(N)=N/O)cc(N(C)C2CCS(=O)(=O)C2)n1. The summed E-state index contributed by atoms with van der Waals surface area (Å²) in [5.74, 6) is 0.969. The lowest BCUT2D eigenvalue weighted by Gasteiger charge is -2.25. The monoisotopic (exact) mass is 298 g/mol. The highest BCUT2D eigenvalue weighted by Gasteiger charge is 2.31. The van der Waals surface area contributed by atoms with Gasteiger partial charge in [0.15, 0.2) is 15.7 Å². The Labute approximate surface area is 118 Å². The van der Waals surface area contributed by atoms with Gasteiger partial charge in [-0.1, -0.05) is 5.16 Å². The largest absolute Gasteiger partial charge is 0.409 e. The topological polar surface area (TPSA) is 109 Å². The van der Waals surface area contributed by atoms with Crippen molar-refractivity contribution in [1.29, 1.82) is 0 Å². The number of oxime groups is 1. The molecule has 3 N–H and O–H groups in total. The number of pyridine rings is 1. The van der Waals surface area contributed by atoms with Crippen LogP contribution < -0.4 is 10.6 Å². The third-order valence-electron chi connectivity index (χ3n) is 3.46. The van der Waals surface area contributed by atoms with Gasteiger partial charge >= 0.3 is 0 Å². The lowest BCUT2D eigenvalue weighted by molar-refractivity contribution is 0.318. The fourth-order valence-corrected chi connectivity index (χ4v) is 4.08. The molecule has 2 rings (SSSR count). The molecule has 0 spiro atoms. The molecule has 1 aromatic rings. The second-order valence-electron chi connectivity index (χ2n) is 5.01. The van der Waals surface area contributed by atoms with E-state index in [0.29, 0.717) is 17.8 Å². The van der Waals surface area contributed by atoms with Crippen LogP contribution in [0.1, 0.15) is 17.7 Å². The predicted molar refractivity (Wildman–Crippen MR) is 76.9 cm³/mol. The van der Waals surface area contributed by atoms with Crippen LogP contribution in [0.2, 0.25) is 0 Å². The molecule has 1 unspecified atom stereocenters. The van der Waals surface area contributed by atoms with Crippen molar-refractivity contribution in [3.8, 4) is 0 Å². The van der Waals surface area contributed by atoms with Crippen LogP contribution in [0.15, 0.2) is 17.3 Å². The zero-order valence-electron chi connectivity index (χ0n) is 11.4. The van der Waals surface area contributed by atoms with E-state index in [9.17, 15) is 8.42 Å². The van der Waals surface area contributed by atoms with Gasteiger partial charge in [0.05, 0.1) is 11.5 Å². The first-order valence-corrected chi connectivity index (χ1v) is 8.04. The Morgan fingerprint density at radius 2 is 2.25 bits per heavy atom. The molecule has 1 saturated heterocycles. The minimum Gasteiger partial charge on any atom is -0.409 e. The first kappa shape index (κ1) is 14.6. The second kappa shape index (κ2) is 5.28. The minimum atomic E-state index is -2.95. The van der Waals surface area contributed by atoms with Crippen molar-refractivity contribution in [2.24, 2.45) is 10.9 Å². The molecule has 0 saturated carbocycles. The normalized spacial score (nSPS) is 21.9. The van der Waals surface area contributed by atoms with Gasteiger partial charge in [0.25, 0.3) is 0 Å². The van der Waals surface area contributed by atoms with E-state index in [1.807, 2.05) is 11.9 Å². The van der Waals surface area contributed by atoms with E-state index in [4.69, 9.17) is 10.9 Å². The van der Waals surface area contributed by atoms with Gasteiger partial charge < -0.3 is 15.8 Å². The molecule has 7 nitrogen and oxygen atoms in total. The molecular weight excluding hydrogens is 280 g/mol. The van der Waals surface area contributed by atoms with Crippen molar-refractivity contribution in [2.75, 3.05) is 23.5 Å². The smallest absolute Gasteiger partial charge is 0.170 e. The molecule has 1 aliphatic rings. The molecule has 0 radical (unpaired) electrons. The van der Waals surface area contributed by atoms with Crippen LogP contribution in [0.4, 0.5) is 5.82 Å². The van der Waals surface area contributed by atoms with Crippen LogP contribution in [-0.4, -0.2) is 49.0 Å². The van der Waals surface area contributed by atoms with Gasteiger partial charge in [-0.3, -0.25) is 0 Å². The van der Waals surface area contributed by atoms with Gasteiger partial charge in [-0.25, -0.2) is 13.4 Å². The maximum atomic E-state index is 11.5. The molecule has 2 heterocycles. The van der Waals surface area contributed by atoms with Gasteiger partial charge in [0.2, 0.25) is 0 Å². The summed E-state index contributed by atoms with van der Waals surface area (Å²) < 4.78 is 23.1. The number of aryl methyl sites for hydroxylation is 1. The number of rotatable bonds is 3. The van der Waals surface area contributed by atoms with Crippen LogP contribution in [0.25, 0.3) is 0 Å². The molecule has 20 heavy (non-hydrogen) atoms. The third-order valence-corrected chi connectivity index (χ3v) is 5.21. The minimum absolute atomic E-state index is 0.00388. The average molecular weight is 298 g/mol. The summed E-state index contributed by atoms with van der Waals surface area (Å²) in [5.41, 5.74) is 6.86. The van der Waals surface area contributed by atoms with Gasteiger partial charge in [-0.2, -0.15) is 0 Å². The van der Waals surface area contributed by atoms with Crippen molar-refractivity contribution >= 4 is 21.5 Å². The molecule has 0 aliphatic carbocycles. The lowest BCUT2D eigenvalue weighted by atomic mass is 10.2. The molecule has 1 fully saturated rings. The summed E-state index contributed by atoms with van der Waals surface area (Å²) in [6, 6.07) is 3.31. The highest BCUT2D eigenvalue weighted by atomic mass is 32.2. The quantitative estimate of drug-likeness (QED) is 0.355. The van der Waals surface area contributed by atoms with Crippen LogP contribution in [0.5, 0.6) is 0 Å². The number of hydrogen-bond acceptors (Lipinski definition) is 6. The Morgan fingerprint density at radius 1 is 1.55 bits per heavy atom. The molecule has 0 aromatic carbocycles. The number of nitrogens with two attached hydrogens (primary N) is 1. The summed E-state index contributed by atoms with van der Waals surface area (Å²) in [6.45, 7) is 1.80. The van der Waals surface area contributed by atoms with Gasteiger partial charge in [0, 0.05) is 24.3 Å². The van der Waals surface area contributed by atoms with Crippen molar-refractivity contribution in [1.82, 2.24) is 4.98 Å². The summed E-state index contributed by atoms with van der Waals surface area (Å²) in [5, 5.41) is 11.7. The molecule has 0 amide bonds. The van der Waals surface area contributed by atoms with E-state index in [2.05, 4.69) is 10.1 Å². The van der Waals surface area contributed by atoms with Crippen molar-refractivity contribution < 1.29 is 13.6 Å². The fraction of sp³-hybridized carbons (Fsp3) is 0.500. The zero-order chi connectivity index (χ0) is 14.9. The molecule has 1 atom stereocenters. The Hall–Kier alpha value is -1.83. The fourth-order valence-electron chi connectivity index (χ4n) is 2.31. The van der Waals surface area contributed by atoms with Crippen molar-refractivity contribution in [2.45, 2.75) is 19.4 Å². The average Bonchev–Trinajstić information content (AvgIpc) is 2.76. The molecule has 110 valence electrons. The molecular formula is C12H18N4O3S. The number of sulfone groups is 1. The molecule has 0 bridgehead atoms. The first-order valence-electron chi connectivity index (χ1n) is 6.22. The summed E-state index contributed by atoms with van der Waals surface area (Å²) in [7, 11) is -1.14. The van der Waals surface area contributed by atoms with E-state index in [0.717, 1.165) is 5.69 Å². The number of anilines is 1. The Bertz CT molecular complexity index is 642. The Balaban J connectivity index is 2.31. The van der Waals surface area contributed by atoms with Crippen LogP contribution in [0, 0.1) is 6.92 Å². The van der Waals surface area contributed by atoms with Gasteiger partial charge in [-0.05, 0) is 25.5 Å². The van der Waals surface area contributed by atoms with E-state index < -0.39 is 9.84 Å². The number of amidine groups is 1. The summed E-state index contributed by atoms with van der Waals surface area (Å²) in [4.78, 5) is 6.22. The number of nitrogens with zero attached hydrogens (tertiary/aromatic N) is 3. The van der Waals surface area contributed by atoms with Crippen LogP contribution in [0.3, 0.4) is 0 Å². The molecule has 8 heteroatoms. The number of aromatic nitrogens is 1. The van der Waals surface area contributed by atoms with Crippen molar-refractivity contribution in [3.63, 3.8) is 0 Å². The first-order chi connectivity index (χ1) is 9.32. The van der Waals surface area contributed by atoms with E-state index in [1.165, 1.54) is 0 Å².